The number of hydrogen-bond acceptors (Lipinski definition) is 3. The molecule has 0 radical (unpaired) electrons. The molecule has 164 valence electrons. The average molecular weight is 418 g/mol. The van der Waals surface area contributed by atoms with Crippen LogP contribution in [0.1, 0.15) is 70.8 Å². The number of nitrogens with zero attached hydrogens (tertiary/aromatic N) is 1. The molecule has 3 heteroatoms. The number of aromatic nitrogens is 1. The Morgan fingerprint density at radius 2 is 2.06 bits per heavy atom. The molecule has 1 unspecified atom stereocenters. The van der Waals surface area contributed by atoms with Crippen LogP contribution in [0.3, 0.4) is 0 Å². The Morgan fingerprint density at radius 1 is 1.19 bits per heavy atom. The third-order valence-corrected chi connectivity index (χ3v) is 9.55. The fourth-order valence-electron chi connectivity index (χ4n) is 8.07. The smallest absolute Gasteiger partial charge is 0.156 e. The summed E-state index contributed by atoms with van der Waals surface area (Å²) in [6, 6.07) is 4.18. The van der Waals surface area contributed by atoms with Gasteiger partial charge in [0.25, 0.3) is 0 Å². The normalized spacial score (nSPS) is 38.8. The van der Waals surface area contributed by atoms with Gasteiger partial charge in [-0.05, 0) is 110 Å². The molecule has 0 N–H and O–H groups in total. The Labute approximate surface area is 186 Å². The van der Waals surface area contributed by atoms with Crippen molar-refractivity contribution in [3.63, 3.8) is 0 Å². The average Bonchev–Trinajstić information content (AvgIpc) is 3.15. The predicted octanol–water partition coefficient (Wildman–Crippen LogP) is 5.90. The van der Waals surface area contributed by atoms with Gasteiger partial charge in [0.2, 0.25) is 0 Å². The molecule has 2 saturated carbocycles. The molecule has 4 aliphatic rings. The zero-order valence-electron chi connectivity index (χ0n) is 19.0. The first kappa shape index (κ1) is 20.8. The summed E-state index contributed by atoms with van der Waals surface area (Å²) in [5.74, 6) is 2.66. The largest absolute Gasteiger partial charge is 0.300 e. The Morgan fingerprint density at radius 3 is 2.84 bits per heavy atom. The van der Waals surface area contributed by atoms with Gasteiger partial charge in [0.05, 0.1) is 0 Å². The van der Waals surface area contributed by atoms with Crippen LogP contribution in [0.5, 0.6) is 0 Å². The lowest BCUT2D eigenvalue weighted by molar-refractivity contribution is -0.128. The maximum atomic E-state index is 12.8. The number of carbonyl (C=O) groups excluding carboxylic acids is 2. The lowest BCUT2D eigenvalue weighted by atomic mass is 9.47. The van der Waals surface area contributed by atoms with Crippen molar-refractivity contribution in [1.82, 2.24) is 4.98 Å². The van der Waals surface area contributed by atoms with Crippen LogP contribution in [-0.4, -0.2) is 16.6 Å². The van der Waals surface area contributed by atoms with Crippen LogP contribution in [0.15, 0.2) is 48.3 Å². The summed E-state index contributed by atoms with van der Waals surface area (Å²) in [5.41, 5.74) is 2.84. The third kappa shape index (κ3) is 3.36. The summed E-state index contributed by atoms with van der Waals surface area (Å²) in [5, 5.41) is 0. The van der Waals surface area contributed by atoms with Crippen LogP contribution < -0.4 is 0 Å². The number of carbonyl (C=O) groups is 2. The van der Waals surface area contributed by atoms with Crippen molar-refractivity contribution in [3.8, 4) is 0 Å². The van der Waals surface area contributed by atoms with Gasteiger partial charge in [0.15, 0.2) is 5.78 Å². The van der Waals surface area contributed by atoms with Crippen LogP contribution in [-0.2, 0) is 16.0 Å². The van der Waals surface area contributed by atoms with E-state index >= 15 is 0 Å². The minimum absolute atomic E-state index is 0.128. The van der Waals surface area contributed by atoms with Gasteiger partial charge in [-0.1, -0.05) is 25.1 Å². The van der Waals surface area contributed by atoms with E-state index in [0.717, 1.165) is 32.1 Å². The molecule has 0 aromatic carbocycles. The quantitative estimate of drug-likeness (QED) is 0.599. The van der Waals surface area contributed by atoms with Crippen LogP contribution in [0.4, 0.5) is 0 Å². The van der Waals surface area contributed by atoms with Gasteiger partial charge in [-0.2, -0.15) is 0 Å². The minimum Gasteiger partial charge on any atom is -0.300 e. The van der Waals surface area contributed by atoms with Crippen LogP contribution >= 0.6 is 0 Å². The number of rotatable bonds is 5. The molecule has 0 amide bonds. The van der Waals surface area contributed by atoms with Gasteiger partial charge < -0.3 is 0 Å². The van der Waals surface area contributed by atoms with Gasteiger partial charge in [-0.15, -0.1) is 0 Å². The first-order valence-corrected chi connectivity index (χ1v) is 12.3. The molecule has 1 aromatic rings. The third-order valence-electron chi connectivity index (χ3n) is 9.55. The lowest BCUT2D eigenvalue weighted by Gasteiger charge is -2.57. The highest BCUT2D eigenvalue weighted by Gasteiger charge is 2.60. The standard InChI is InChI=1S/C28H35NO2/c1-19(30)24-9-10-26-23-8-7-21-17-22(31)11-14-27(21,2)25(23)12-15-28(24,26)13-3-5-20-6-4-16-29-18-20/h4,6-8,16-18,23-26H,3,5,9-15H2,1-2H3/t23?,24-,25-,26+,27-,28-/m1/s1. The summed E-state index contributed by atoms with van der Waals surface area (Å²) in [6.45, 7) is 4.23. The molecule has 0 saturated heterocycles. The van der Waals surface area contributed by atoms with E-state index in [4.69, 9.17) is 0 Å². The highest BCUT2D eigenvalue weighted by Crippen LogP contribution is 2.66. The summed E-state index contributed by atoms with van der Waals surface area (Å²) >= 11 is 0. The van der Waals surface area contributed by atoms with Crippen molar-refractivity contribution in [2.75, 3.05) is 0 Å². The van der Waals surface area contributed by atoms with E-state index in [0.29, 0.717) is 30.0 Å². The fourth-order valence-corrected chi connectivity index (χ4v) is 8.07. The number of hydrogen-bond donors (Lipinski definition) is 0. The van der Waals surface area contributed by atoms with E-state index in [1.165, 1.54) is 30.4 Å². The molecule has 2 fully saturated rings. The highest BCUT2D eigenvalue weighted by atomic mass is 16.1. The SMILES string of the molecule is CC(=O)[C@H]1CC[C@H]2C3C=CC4=CC(=O)CC[C@@]4(C)[C@@H]3CC[C@]12CCCc1cccnc1. The second-order valence-corrected chi connectivity index (χ2v) is 10.9. The molecule has 0 spiro atoms. The van der Waals surface area contributed by atoms with E-state index in [2.05, 4.69) is 30.1 Å². The van der Waals surface area contributed by atoms with Gasteiger partial charge in [-0.25, -0.2) is 0 Å². The monoisotopic (exact) mass is 417 g/mol. The number of allylic oxidation sites excluding steroid dienone is 4. The summed E-state index contributed by atoms with van der Waals surface area (Å²) in [7, 11) is 0. The Hall–Kier alpha value is -2.03. The molecule has 5 rings (SSSR count). The highest BCUT2D eigenvalue weighted by molar-refractivity contribution is 5.92. The number of pyridine rings is 1. The molecule has 31 heavy (non-hydrogen) atoms. The molecule has 6 atom stereocenters. The van der Waals surface area contributed by atoms with Gasteiger partial charge in [0.1, 0.15) is 5.78 Å². The maximum absolute atomic E-state index is 12.8. The number of fused-ring (bicyclic) bond motifs is 5. The molecule has 1 heterocycles. The van der Waals surface area contributed by atoms with E-state index in [1.807, 2.05) is 31.5 Å². The van der Waals surface area contributed by atoms with Crippen molar-refractivity contribution in [2.24, 2.45) is 34.5 Å². The van der Waals surface area contributed by atoms with E-state index in [1.54, 1.807) is 0 Å². The van der Waals surface area contributed by atoms with E-state index in [-0.39, 0.29) is 22.5 Å². The fraction of sp³-hybridized carbons (Fsp3) is 0.607. The Balaban J connectivity index is 1.43. The number of ketones is 2. The summed E-state index contributed by atoms with van der Waals surface area (Å²) in [6.07, 6.45) is 20.0. The predicted molar refractivity (Wildman–Crippen MR) is 122 cm³/mol. The Kier molecular flexibility index (Phi) is 5.27. The van der Waals surface area contributed by atoms with Crippen molar-refractivity contribution in [1.29, 1.82) is 0 Å². The lowest BCUT2D eigenvalue weighted by Crippen LogP contribution is -2.50. The second kappa shape index (κ2) is 7.83. The van der Waals surface area contributed by atoms with Gasteiger partial charge >= 0.3 is 0 Å². The summed E-state index contributed by atoms with van der Waals surface area (Å²) in [4.78, 5) is 29.1. The first-order valence-electron chi connectivity index (χ1n) is 12.3. The van der Waals surface area contributed by atoms with E-state index in [9.17, 15) is 9.59 Å². The zero-order chi connectivity index (χ0) is 21.6. The van der Waals surface area contributed by atoms with Crippen molar-refractivity contribution in [2.45, 2.75) is 71.6 Å². The van der Waals surface area contributed by atoms with Gasteiger partial charge in [0, 0.05) is 24.7 Å². The molecule has 3 nitrogen and oxygen atoms in total. The minimum atomic E-state index is 0.128. The molecular formula is C28H35NO2. The molecule has 0 bridgehead atoms. The zero-order valence-corrected chi connectivity index (χ0v) is 19.0. The van der Waals surface area contributed by atoms with Gasteiger partial charge in [-0.3, -0.25) is 14.6 Å². The van der Waals surface area contributed by atoms with Crippen LogP contribution in [0.25, 0.3) is 0 Å². The first-order chi connectivity index (χ1) is 14.9. The van der Waals surface area contributed by atoms with Crippen LogP contribution in [0.2, 0.25) is 0 Å². The Bertz CT molecular complexity index is 932. The molecule has 0 aliphatic heterocycles. The summed E-state index contributed by atoms with van der Waals surface area (Å²) < 4.78 is 0. The maximum Gasteiger partial charge on any atom is 0.156 e. The van der Waals surface area contributed by atoms with Crippen LogP contribution in [0, 0.1) is 34.5 Å². The van der Waals surface area contributed by atoms with E-state index < -0.39 is 0 Å². The molecule has 4 aliphatic carbocycles. The molecule has 1 aromatic heterocycles. The molecular weight excluding hydrogens is 382 g/mol. The van der Waals surface area contributed by atoms with Crippen molar-refractivity contribution >= 4 is 11.6 Å². The van der Waals surface area contributed by atoms with Crippen molar-refractivity contribution in [3.05, 3.63) is 53.9 Å². The second-order valence-electron chi connectivity index (χ2n) is 10.9. The van der Waals surface area contributed by atoms with Crippen molar-refractivity contribution < 1.29 is 9.59 Å². The number of aryl methyl sites for hydroxylation is 1. The number of Topliss-reactive ketones (excluding diaryl/α,β-unsaturated/α-hetero) is 1. The topological polar surface area (TPSA) is 47.0 Å².